The Morgan fingerprint density at radius 1 is 1.11 bits per heavy atom. The highest BCUT2D eigenvalue weighted by Crippen LogP contribution is 2.26. The van der Waals surface area contributed by atoms with E-state index in [9.17, 15) is 0 Å². The first-order chi connectivity index (χ1) is 8.78. The molecule has 0 radical (unpaired) electrons. The number of fused-ring (bicyclic) bond motifs is 1. The molecule has 0 aliphatic heterocycles. The number of nitrogens with zero attached hydrogens (tertiary/aromatic N) is 1. The molecule has 0 fully saturated rings. The number of nitrogens with two attached hydrogens (primary N) is 1. The lowest BCUT2D eigenvalue weighted by Crippen LogP contribution is -2.37. The van der Waals surface area contributed by atoms with Crippen LogP contribution in [0.1, 0.15) is 43.4 Å². The average Bonchev–Trinajstić information content (AvgIpc) is 2.81. The van der Waals surface area contributed by atoms with E-state index in [1.165, 1.54) is 55.5 Å². The molecule has 1 aliphatic carbocycles. The van der Waals surface area contributed by atoms with Crippen LogP contribution in [0.2, 0.25) is 0 Å². The molecular weight excluding hydrogens is 220 g/mol. The summed E-state index contributed by atoms with van der Waals surface area (Å²) < 4.78 is 0. The van der Waals surface area contributed by atoms with E-state index in [1.54, 1.807) is 0 Å². The molecule has 0 bridgehead atoms. The van der Waals surface area contributed by atoms with E-state index in [0.717, 1.165) is 0 Å². The fraction of sp³-hybridized carbons (Fsp3) is 0.625. The zero-order valence-electron chi connectivity index (χ0n) is 11.8. The molecule has 0 saturated carbocycles. The van der Waals surface area contributed by atoms with Crippen molar-refractivity contribution in [2.24, 2.45) is 5.73 Å². The van der Waals surface area contributed by atoms with Crippen molar-refractivity contribution in [2.75, 3.05) is 13.1 Å². The second-order valence-corrected chi connectivity index (χ2v) is 5.41. The van der Waals surface area contributed by atoms with Gasteiger partial charge >= 0.3 is 0 Å². The van der Waals surface area contributed by atoms with Crippen LogP contribution in [0.25, 0.3) is 0 Å². The minimum Gasteiger partial charge on any atom is -0.326 e. The molecular formula is C16H26N2. The molecule has 1 aliphatic rings. The zero-order valence-corrected chi connectivity index (χ0v) is 11.8. The lowest BCUT2D eigenvalue weighted by Gasteiger charge is -2.27. The van der Waals surface area contributed by atoms with Gasteiger partial charge in [0.25, 0.3) is 0 Å². The smallest absolute Gasteiger partial charge is 0.0178 e. The third-order valence-electron chi connectivity index (χ3n) is 3.96. The molecule has 2 heteroatoms. The summed E-state index contributed by atoms with van der Waals surface area (Å²) in [6, 6.07) is 7.50. The van der Waals surface area contributed by atoms with Gasteiger partial charge in [-0.25, -0.2) is 0 Å². The Morgan fingerprint density at radius 3 is 2.39 bits per heavy atom. The fourth-order valence-electron chi connectivity index (χ4n) is 3.08. The van der Waals surface area contributed by atoms with Crippen molar-refractivity contribution in [3.8, 4) is 0 Å². The van der Waals surface area contributed by atoms with Crippen LogP contribution in [-0.4, -0.2) is 24.0 Å². The van der Waals surface area contributed by atoms with Crippen molar-refractivity contribution >= 4 is 0 Å². The van der Waals surface area contributed by atoms with Crippen molar-refractivity contribution in [1.82, 2.24) is 4.90 Å². The Bertz CT molecular complexity index is 381. The molecule has 0 saturated heterocycles. The molecule has 2 rings (SSSR count). The van der Waals surface area contributed by atoms with E-state index in [-0.39, 0.29) is 0 Å². The molecule has 2 nitrogen and oxygen atoms in total. The quantitative estimate of drug-likeness (QED) is 0.836. The summed E-state index contributed by atoms with van der Waals surface area (Å²) in [5.41, 5.74) is 10.1. The second kappa shape index (κ2) is 6.35. The fourth-order valence-corrected chi connectivity index (χ4v) is 3.08. The van der Waals surface area contributed by atoms with E-state index in [1.807, 2.05) is 0 Å². The van der Waals surface area contributed by atoms with E-state index in [4.69, 9.17) is 5.73 Å². The van der Waals surface area contributed by atoms with Gasteiger partial charge in [0.1, 0.15) is 0 Å². The Kier molecular flexibility index (Phi) is 4.79. The van der Waals surface area contributed by atoms with Crippen molar-refractivity contribution in [1.29, 1.82) is 0 Å². The van der Waals surface area contributed by atoms with Crippen LogP contribution in [0.15, 0.2) is 18.2 Å². The SMILES string of the molecule is CCCN(CCC)[C@@H]1Cc2ccc(CN)cc2C1. The van der Waals surface area contributed by atoms with Crippen molar-refractivity contribution in [3.63, 3.8) is 0 Å². The number of hydrogen-bond acceptors (Lipinski definition) is 2. The normalized spacial score (nSPS) is 18.3. The molecule has 1 aromatic carbocycles. The van der Waals surface area contributed by atoms with Gasteiger partial charge in [0.15, 0.2) is 0 Å². The van der Waals surface area contributed by atoms with E-state index < -0.39 is 0 Å². The molecule has 18 heavy (non-hydrogen) atoms. The molecule has 0 unspecified atom stereocenters. The summed E-state index contributed by atoms with van der Waals surface area (Å²) in [7, 11) is 0. The maximum absolute atomic E-state index is 5.72. The molecule has 0 aromatic heterocycles. The van der Waals surface area contributed by atoms with Gasteiger partial charge < -0.3 is 5.73 Å². The Balaban J connectivity index is 2.07. The summed E-state index contributed by atoms with van der Waals surface area (Å²) in [6.45, 7) is 7.67. The predicted molar refractivity (Wildman–Crippen MR) is 77.7 cm³/mol. The van der Waals surface area contributed by atoms with Gasteiger partial charge in [-0.15, -0.1) is 0 Å². The molecule has 100 valence electrons. The lowest BCUT2D eigenvalue weighted by atomic mass is 10.1. The molecule has 1 aromatic rings. The summed E-state index contributed by atoms with van der Waals surface area (Å²) in [5.74, 6) is 0. The standard InChI is InChI=1S/C16H26N2/c1-3-7-18(8-4-2)16-10-14-6-5-13(12-17)9-15(14)11-16/h5-6,9,16H,3-4,7-8,10-12,17H2,1-2H3/t16-/m1/s1. The van der Waals surface area contributed by atoms with Crippen LogP contribution >= 0.6 is 0 Å². The lowest BCUT2D eigenvalue weighted by molar-refractivity contribution is 0.202. The summed E-state index contributed by atoms with van der Waals surface area (Å²) in [5, 5.41) is 0. The van der Waals surface area contributed by atoms with Crippen molar-refractivity contribution < 1.29 is 0 Å². The van der Waals surface area contributed by atoms with Crippen LogP contribution < -0.4 is 5.73 Å². The summed E-state index contributed by atoms with van der Waals surface area (Å²) in [4.78, 5) is 2.67. The number of hydrogen-bond donors (Lipinski definition) is 1. The summed E-state index contributed by atoms with van der Waals surface area (Å²) >= 11 is 0. The maximum Gasteiger partial charge on any atom is 0.0178 e. The minimum atomic E-state index is 0.658. The maximum atomic E-state index is 5.72. The van der Waals surface area contributed by atoms with Crippen LogP contribution in [0.4, 0.5) is 0 Å². The van der Waals surface area contributed by atoms with Gasteiger partial charge in [0, 0.05) is 12.6 Å². The highest BCUT2D eigenvalue weighted by molar-refractivity contribution is 5.37. The Morgan fingerprint density at radius 2 is 1.78 bits per heavy atom. The first kappa shape index (κ1) is 13.6. The molecule has 0 spiro atoms. The van der Waals surface area contributed by atoms with E-state index >= 15 is 0 Å². The predicted octanol–water partition coefficient (Wildman–Crippen LogP) is 2.73. The minimum absolute atomic E-state index is 0.658. The second-order valence-electron chi connectivity index (χ2n) is 5.41. The van der Waals surface area contributed by atoms with Gasteiger partial charge in [-0.3, -0.25) is 4.90 Å². The van der Waals surface area contributed by atoms with Gasteiger partial charge in [0.2, 0.25) is 0 Å². The third kappa shape index (κ3) is 2.93. The molecule has 2 N–H and O–H groups in total. The van der Waals surface area contributed by atoms with Crippen molar-refractivity contribution in [3.05, 3.63) is 34.9 Å². The average molecular weight is 246 g/mol. The third-order valence-corrected chi connectivity index (χ3v) is 3.96. The monoisotopic (exact) mass is 246 g/mol. The summed E-state index contributed by atoms with van der Waals surface area (Å²) in [6.07, 6.45) is 4.94. The van der Waals surface area contributed by atoms with Gasteiger partial charge in [-0.1, -0.05) is 32.0 Å². The van der Waals surface area contributed by atoms with E-state index in [0.29, 0.717) is 12.6 Å². The van der Waals surface area contributed by atoms with Crippen LogP contribution in [-0.2, 0) is 19.4 Å². The zero-order chi connectivity index (χ0) is 13.0. The number of benzene rings is 1. The Hall–Kier alpha value is -0.860. The van der Waals surface area contributed by atoms with Gasteiger partial charge in [0.05, 0.1) is 0 Å². The largest absolute Gasteiger partial charge is 0.326 e. The van der Waals surface area contributed by atoms with Crippen LogP contribution in [0.3, 0.4) is 0 Å². The highest BCUT2D eigenvalue weighted by Gasteiger charge is 2.25. The van der Waals surface area contributed by atoms with Crippen molar-refractivity contribution in [2.45, 2.75) is 52.1 Å². The molecule has 0 amide bonds. The van der Waals surface area contributed by atoms with Gasteiger partial charge in [-0.05, 0) is 55.5 Å². The van der Waals surface area contributed by atoms with E-state index in [2.05, 4.69) is 36.9 Å². The Labute approximate surface area is 111 Å². The molecule has 1 atom stereocenters. The van der Waals surface area contributed by atoms with Crippen LogP contribution in [0.5, 0.6) is 0 Å². The highest BCUT2D eigenvalue weighted by atomic mass is 15.1. The first-order valence-corrected chi connectivity index (χ1v) is 7.33. The topological polar surface area (TPSA) is 29.3 Å². The molecule has 0 heterocycles. The van der Waals surface area contributed by atoms with Crippen LogP contribution in [0, 0.1) is 0 Å². The van der Waals surface area contributed by atoms with Gasteiger partial charge in [-0.2, -0.15) is 0 Å². The number of rotatable bonds is 6. The first-order valence-electron chi connectivity index (χ1n) is 7.33.